The van der Waals surface area contributed by atoms with E-state index in [1.807, 2.05) is 13.8 Å². The first kappa shape index (κ1) is 13.4. The molecule has 0 unspecified atom stereocenters. The average molecular weight is 238 g/mol. The Bertz CT molecular complexity index is 249. The van der Waals surface area contributed by atoms with Gasteiger partial charge in [-0.2, -0.15) is 0 Å². The van der Waals surface area contributed by atoms with Crippen LogP contribution >= 0.6 is 0 Å². The van der Waals surface area contributed by atoms with Gasteiger partial charge in [0.15, 0.2) is 0 Å². The van der Waals surface area contributed by atoms with Gasteiger partial charge in [0.2, 0.25) is 0 Å². The van der Waals surface area contributed by atoms with Gasteiger partial charge in [-0.15, -0.1) is 0 Å². The first-order chi connectivity index (χ1) is 8.18. The molecule has 2 aliphatic heterocycles. The zero-order valence-electron chi connectivity index (χ0n) is 12.1. The van der Waals surface area contributed by atoms with Crippen molar-refractivity contribution in [1.29, 1.82) is 0 Å². The monoisotopic (exact) mass is 238 g/mol. The van der Waals surface area contributed by atoms with E-state index in [-0.39, 0.29) is 5.66 Å². The molecule has 3 fully saturated rings. The van der Waals surface area contributed by atoms with Crippen molar-refractivity contribution in [3.63, 3.8) is 0 Å². The van der Waals surface area contributed by atoms with E-state index in [0.717, 1.165) is 18.0 Å². The Labute approximate surface area is 107 Å². The topological polar surface area (TPSA) is 15.3 Å². The van der Waals surface area contributed by atoms with Crippen LogP contribution in [0, 0.1) is 5.92 Å². The van der Waals surface area contributed by atoms with Crippen LogP contribution in [-0.2, 0) is 0 Å². The van der Waals surface area contributed by atoms with Gasteiger partial charge in [0.1, 0.15) is 0 Å². The molecular weight excluding hydrogens is 208 g/mol. The van der Waals surface area contributed by atoms with Crippen LogP contribution in [0.5, 0.6) is 0 Å². The summed E-state index contributed by atoms with van der Waals surface area (Å²) in [5, 5.41) is 3.68. The lowest BCUT2D eigenvalue weighted by molar-refractivity contribution is 0.0874. The van der Waals surface area contributed by atoms with Gasteiger partial charge >= 0.3 is 0 Å². The van der Waals surface area contributed by atoms with Crippen molar-refractivity contribution in [2.24, 2.45) is 5.92 Å². The summed E-state index contributed by atoms with van der Waals surface area (Å²) in [4.78, 5) is 2.81. The third-order valence-electron chi connectivity index (χ3n) is 4.86. The molecule has 0 aromatic rings. The van der Waals surface area contributed by atoms with Crippen LogP contribution in [0.3, 0.4) is 0 Å². The van der Waals surface area contributed by atoms with E-state index < -0.39 is 0 Å². The van der Waals surface area contributed by atoms with Gasteiger partial charge in [0.05, 0.1) is 5.66 Å². The maximum Gasteiger partial charge on any atom is 0.0660 e. The van der Waals surface area contributed by atoms with Crippen LogP contribution < -0.4 is 5.32 Å². The molecule has 0 aromatic heterocycles. The molecule has 3 rings (SSSR count). The Hall–Kier alpha value is -0.0800. The van der Waals surface area contributed by atoms with Gasteiger partial charge in [0.25, 0.3) is 0 Å². The van der Waals surface area contributed by atoms with Gasteiger partial charge in [-0.1, -0.05) is 33.1 Å². The normalized spacial score (nSPS) is 39.9. The van der Waals surface area contributed by atoms with Gasteiger partial charge in [-0.25, -0.2) is 0 Å². The first-order valence-corrected chi connectivity index (χ1v) is 7.72. The van der Waals surface area contributed by atoms with E-state index in [0.29, 0.717) is 0 Å². The second-order valence-electron chi connectivity index (χ2n) is 6.20. The summed E-state index contributed by atoms with van der Waals surface area (Å²) in [6.07, 6.45) is 8.82. The van der Waals surface area contributed by atoms with E-state index in [9.17, 15) is 0 Å². The van der Waals surface area contributed by atoms with Crippen LogP contribution in [0.15, 0.2) is 0 Å². The fourth-order valence-electron chi connectivity index (χ4n) is 4.25. The highest BCUT2D eigenvalue weighted by molar-refractivity contribution is 5.05. The SMILES string of the molecule is CC.CC1(C)NC[C@@H]2C[C@@H]3CCCCC[C@H]3N21. The lowest BCUT2D eigenvalue weighted by Gasteiger charge is -2.37. The molecule has 3 aliphatic rings. The van der Waals surface area contributed by atoms with E-state index in [1.54, 1.807) is 0 Å². The van der Waals surface area contributed by atoms with Crippen molar-refractivity contribution in [1.82, 2.24) is 10.2 Å². The lowest BCUT2D eigenvalue weighted by Crippen LogP contribution is -2.51. The molecule has 1 aliphatic carbocycles. The van der Waals surface area contributed by atoms with Crippen molar-refractivity contribution in [3.05, 3.63) is 0 Å². The van der Waals surface area contributed by atoms with Crippen molar-refractivity contribution >= 4 is 0 Å². The maximum absolute atomic E-state index is 3.68. The summed E-state index contributed by atoms with van der Waals surface area (Å²) < 4.78 is 0. The van der Waals surface area contributed by atoms with E-state index in [2.05, 4.69) is 24.1 Å². The fraction of sp³-hybridized carbons (Fsp3) is 1.00. The second-order valence-corrected chi connectivity index (χ2v) is 6.20. The molecule has 3 atom stereocenters. The van der Waals surface area contributed by atoms with Gasteiger partial charge in [-0.05, 0) is 39.0 Å². The quantitative estimate of drug-likeness (QED) is 0.696. The molecule has 17 heavy (non-hydrogen) atoms. The molecule has 1 saturated carbocycles. The number of nitrogens with one attached hydrogen (secondary N) is 1. The molecule has 0 amide bonds. The molecular formula is C15H30N2. The largest absolute Gasteiger partial charge is 0.298 e. The fourth-order valence-corrected chi connectivity index (χ4v) is 4.25. The molecule has 2 heteroatoms. The van der Waals surface area contributed by atoms with E-state index in [1.165, 1.54) is 45.1 Å². The van der Waals surface area contributed by atoms with Crippen LogP contribution in [0.1, 0.15) is 66.2 Å². The molecule has 2 nitrogen and oxygen atoms in total. The Morgan fingerprint density at radius 3 is 2.53 bits per heavy atom. The summed E-state index contributed by atoms with van der Waals surface area (Å²) in [6, 6.07) is 1.73. The summed E-state index contributed by atoms with van der Waals surface area (Å²) in [6.45, 7) is 9.94. The minimum absolute atomic E-state index is 0.258. The number of nitrogens with zero attached hydrogens (tertiary/aromatic N) is 1. The van der Waals surface area contributed by atoms with E-state index in [4.69, 9.17) is 0 Å². The molecule has 0 spiro atoms. The highest BCUT2D eigenvalue weighted by Gasteiger charge is 2.50. The summed E-state index contributed by atoms with van der Waals surface area (Å²) in [7, 11) is 0. The van der Waals surface area contributed by atoms with Crippen molar-refractivity contribution in [2.45, 2.75) is 84.0 Å². The molecule has 0 bridgehead atoms. The van der Waals surface area contributed by atoms with Gasteiger partial charge in [0, 0.05) is 18.6 Å². The van der Waals surface area contributed by atoms with E-state index >= 15 is 0 Å². The molecule has 2 saturated heterocycles. The molecule has 0 radical (unpaired) electrons. The number of hydrogen-bond acceptors (Lipinski definition) is 2. The summed E-state index contributed by atoms with van der Waals surface area (Å²) in [5.41, 5.74) is 0.258. The first-order valence-electron chi connectivity index (χ1n) is 7.72. The predicted octanol–water partition coefficient (Wildman–Crippen LogP) is 3.38. The molecule has 2 heterocycles. The lowest BCUT2D eigenvalue weighted by atomic mass is 9.93. The summed E-state index contributed by atoms with van der Waals surface area (Å²) >= 11 is 0. The minimum atomic E-state index is 0.258. The Morgan fingerprint density at radius 1 is 1.06 bits per heavy atom. The predicted molar refractivity (Wildman–Crippen MR) is 74.0 cm³/mol. The molecule has 1 N–H and O–H groups in total. The Kier molecular flexibility index (Phi) is 4.14. The highest BCUT2D eigenvalue weighted by atomic mass is 15.4. The van der Waals surface area contributed by atoms with Crippen molar-refractivity contribution in [3.8, 4) is 0 Å². The van der Waals surface area contributed by atoms with Crippen molar-refractivity contribution in [2.75, 3.05) is 6.54 Å². The molecule has 100 valence electrons. The summed E-state index contributed by atoms with van der Waals surface area (Å²) in [5.74, 6) is 1.01. The van der Waals surface area contributed by atoms with Crippen LogP contribution in [0.2, 0.25) is 0 Å². The van der Waals surface area contributed by atoms with Crippen LogP contribution in [-0.4, -0.2) is 29.2 Å². The number of hydrogen-bond donors (Lipinski definition) is 1. The Morgan fingerprint density at radius 2 is 1.76 bits per heavy atom. The smallest absolute Gasteiger partial charge is 0.0660 e. The second kappa shape index (κ2) is 5.27. The zero-order valence-corrected chi connectivity index (χ0v) is 12.1. The minimum Gasteiger partial charge on any atom is -0.298 e. The number of rotatable bonds is 0. The number of fused-ring (bicyclic) bond motifs is 3. The van der Waals surface area contributed by atoms with Gasteiger partial charge in [-0.3, -0.25) is 10.2 Å². The van der Waals surface area contributed by atoms with Gasteiger partial charge < -0.3 is 0 Å². The average Bonchev–Trinajstić information content (AvgIpc) is 2.72. The maximum atomic E-state index is 3.68. The third-order valence-corrected chi connectivity index (χ3v) is 4.86. The zero-order chi connectivity index (χ0) is 12.5. The standard InChI is InChI=1S/C13H24N2.C2H6/c1-13(2)14-9-11-8-10-6-4-3-5-7-12(10)15(11)13;1-2/h10-12,14H,3-9H2,1-2H3;1-2H3/t10-,11-,12+;/m0./s1. The Balaban J connectivity index is 0.000000514. The third kappa shape index (κ3) is 2.39. The van der Waals surface area contributed by atoms with Crippen molar-refractivity contribution < 1.29 is 0 Å². The highest BCUT2D eigenvalue weighted by Crippen LogP contribution is 2.43. The van der Waals surface area contributed by atoms with Crippen LogP contribution in [0.25, 0.3) is 0 Å². The van der Waals surface area contributed by atoms with Crippen LogP contribution in [0.4, 0.5) is 0 Å². The molecule has 0 aromatic carbocycles.